The van der Waals surface area contributed by atoms with Crippen molar-refractivity contribution in [3.8, 4) is 5.75 Å². The number of aromatic amines is 1. The molecule has 1 aromatic carbocycles. The van der Waals surface area contributed by atoms with Gasteiger partial charge >= 0.3 is 6.36 Å². The molecule has 0 bridgehead atoms. The molecule has 0 aliphatic heterocycles. The summed E-state index contributed by atoms with van der Waals surface area (Å²) in [5, 5.41) is 6.94. The van der Waals surface area contributed by atoms with E-state index in [9.17, 15) is 27.6 Å². The number of rotatable bonds is 6. The minimum absolute atomic E-state index is 0.105. The number of H-pyrrole nitrogens is 1. The lowest BCUT2D eigenvalue weighted by Crippen LogP contribution is -2.17. The number of carbonyl (C=O) groups is 2. The Morgan fingerprint density at radius 3 is 2.47 bits per heavy atom. The predicted molar refractivity (Wildman–Crippen MR) is 103 cm³/mol. The maximum absolute atomic E-state index is 12.1. The number of aromatic nitrogens is 2. The largest absolute Gasteiger partial charge is 0.573 e. The molecule has 30 heavy (non-hydrogen) atoms. The number of benzene rings is 1. The highest BCUT2D eigenvalue weighted by Gasteiger charge is 2.30. The molecule has 8 nitrogen and oxygen atoms in total. The Morgan fingerprint density at radius 1 is 1.10 bits per heavy atom. The molecule has 156 valence electrons. The van der Waals surface area contributed by atoms with Crippen LogP contribution in [-0.2, 0) is 11.2 Å². The van der Waals surface area contributed by atoms with Crippen molar-refractivity contribution < 1.29 is 27.5 Å². The van der Waals surface area contributed by atoms with Crippen molar-refractivity contribution >= 4 is 34.0 Å². The molecule has 3 N–H and O–H groups in total. The molecular formula is C18H13F3N4O4S. The second kappa shape index (κ2) is 8.78. The van der Waals surface area contributed by atoms with Crippen LogP contribution in [0.1, 0.15) is 16.1 Å². The summed E-state index contributed by atoms with van der Waals surface area (Å²) in [5.74, 6) is -1.32. The average Bonchev–Trinajstić information content (AvgIpc) is 3.09. The Bertz CT molecular complexity index is 1090. The first-order chi connectivity index (χ1) is 14.2. The Hall–Kier alpha value is -3.67. The summed E-state index contributed by atoms with van der Waals surface area (Å²) in [5.41, 5.74) is 0.585. The lowest BCUT2D eigenvalue weighted by atomic mass is 10.2. The quantitative estimate of drug-likeness (QED) is 0.547. The molecule has 0 saturated heterocycles. The zero-order valence-electron chi connectivity index (χ0n) is 14.9. The first-order valence-corrected chi connectivity index (χ1v) is 9.16. The third kappa shape index (κ3) is 6.17. The average molecular weight is 438 g/mol. The van der Waals surface area contributed by atoms with Crippen LogP contribution in [0.15, 0.2) is 52.8 Å². The maximum atomic E-state index is 12.1. The van der Waals surface area contributed by atoms with Crippen molar-refractivity contribution in [2.75, 3.05) is 10.6 Å². The van der Waals surface area contributed by atoms with E-state index in [0.717, 1.165) is 23.5 Å². The minimum atomic E-state index is -4.79. The Balaban J connectivity index is 1.54. The molecule has 0 radical (unpaired) electrons. The van der Waals surface area contributed by atoms with E-state index in [2.05, 4.69) is 25.3 Å². The Kier molecular flexibility index (Phi) is 6.16. The van der Waals surface area contributed by atoms with Gasteiger partial charge in [-0.15, -0.1) is 24.5 Å². The van der Waals surface area contributed by atoms with Crippen LogP contribution in [0.5, 0.6) is 5.75 Å². The SMILES string of the molecule is O=C(Cc1csc(NC(=O)c2ccc(=O)[nH]c2)n1)Nc1ccc(OC(F)(F)F)cc1. The molecule has 3 rings (SSSR count). The highest BCUT2D eigenvalue weighted by atomic mass is 32.1. The number of hydrogen-bond donors (Lipinski definition) is 3. The molecule has 2 aromatic heterocycles. The summed E-state index contributed by atoms with van der Waals surface area (Å²) >= 11 is 1.11. The fraction of sp³-hybridized carbons (Fsp3) is 0.111. The van der Waals surface area contributed by atoms with E-state index >= 15 is 0 Å². The second-order valence-corrected chi connectivity index (χ2v) is 6.69. The molecule has 3 aromatic rings. The molecule has 2 heterocycles. The molecule has 0 saturated carbocycles. The van der Waals surface area contributed by atoms with Gasteiger partial charge in [0.05, 0.1) is 17.7 Å². The van der Waals surface area contributed by atoms with Crippen LogP contribution < -0.4 is 20.9 Å². The van der Waals surface area contributed by atoms with Gasteiger partial charge in [-0.05, 0) is 30.3 Å². The van der Waals surface area contributed by atoms with Gasteiger partial charge in [-0.2, -0.15) is 0 Å². The number of nitrogens with one attached hydrogen (secondary N) is 3. The molecular weight excluding hydrogens is 425 g/mol. The zero-order valence-corrected chi connectivity index (χ0v) is 15.8. The number of hydrogen-bond acceptors (Lipinski definition) is 6. The van der Waals surface area contributed by atoms with E-state index in [0.29, 0.717) is 5.69 Å². The summed E-state index contributed by atoms with van der Waals surface area (Å²) < 4.78 is 40.2. The van der Waals surface area contributed by atoms with E-state index in [-0.39, 0.29) is 28.4 Å². The third-order valence-corrected chi connectivity index (χ3v) is 4.34. The lowest BCUT2D eigenvalue weighted by molar-refractivity contribution is -0.274. The predicted octanol–water partition coefficient (Wildman–Crippen LogP) is 3.16. The molecule has 0 fully saturated rings. The minimum Gasteiger partial charge on any atom is -0.406 e. The van der Waals surface area contributed by atoms with Crippen molar-refractivity contribution in [3.05, 3.63) is 69.6 Å². The van der Waals surface area contributed by atoms with E-state index in [1.165, 1.54) is 30.5 Å². The van der Waals surface area contributed by atoms with Gasteiger partial charge in [0.15, 0.2) is 5.13 Å². The standard InChI is InChI=1S/C18H13F3N4O4S/c19-18(20,21)29-13-4-2-11(3-5-13)23-15(27)7-12-9-30-17(24-12)25-16(28)10-1-6-14(26)22-8-10/h1-6,8-9H,7H2,(H,22,26)(H,23,27)(H,24,25,28). The number of ether oxygens (including phenoxy) is 1. The number of halogens is 3. The Labute approximate surface area is 170 Å². The van der Waals surface area contributed by atoms with Gasteiger partial charge in [0.25, 0.3) is 5.91 Å². The number of pyridine rings is 1. The smallest absolute Gasteiger partial charge is 0.406 e. The van der Waals surface area contributed by atoms with Crippen LogP contribution in [0, 0.1) is 0 Å². The number of anilines is 2. The van der Waals surface area contributed by atoms with Crippen molar-refractivity contribution in [3.63, 3.8) is 0 Å². The van der Waals surface area contributed by atoms with Crippen LogP contribution >= 0.6 is 11.3 Å². The normalized spacial score (nSPS) is 11.0. The number of thiazole rings is 1. The van der Waals surface area contributed by atoms with Gasteiger partial charge in [-0.25, -0.2) is 4.98 Å². The number of alkyl halides is 3. The maximum Gasteiger partial charge on any atom is 0.573 e. The topological polar surface area (TPSA) is 113 Å². The summed E-state index contributed by atoms with van der Waals surface area (Å²) in [4.78, 5) is 41.7. The second-order valence-electron chi connectivity index (χ2n) is 5.84. The Morgan fingerprint density at radius 2 is 1.83 bits per heavy atom. The van der Waals surface area contributed by atoms with Crippen LogP contribution in [0.25, 0.3) is 0 Å². The number of nitrogens with zero attached hydrogens (tertiary/aromatic N) is 1. The van der Waals surface area contributed by atoms with Crippen LogP contribution in [0.2, 0.25) is 0 Å². The third-order valence-electron chi connectivity index (χ3n) is 3.53. The van der Waals surface area contributed by atoms with Crippen LogP contribution in [0.4, 0.5) is 24.0 Å². The zero-order chi connectivity index (χ0) is 21.7. The van der Waals surface area contributed by atoms with Crippen molar-refractivity contribution in [1.29, 1.82) is 0 Å². The fourth-order valence-corrected chi connectivity index (χ4v) is 2.98. The van der Waals surface area contributed by atoms with Gasteiger partial charge in [0, 0.05) is 23.3 Å². The molecule has 0 unspecified atom stereocenters. The van der Waals surface area contributed by atoms with Gasteiger partial charge in [0.1, 0.15) is 5.75 Å². The fourth-order valence-electron chi connectivity index (χ4n) is 2.28. The van der Waals surface area contributed by atoms with E-state index in [1.807, 2.05) is 0 Å². The summed E-state index contributed by atoms with van der Waals surface area (Å²) in [6.45, 7) is 0. The summed E-state index contributed by atoms with van der Waals surface area (Å²) in [6, 6.07) is 7.29. The van der Waals surface area contributed by atoms with Gasteiger partial charge < -0.3 is 15.0 Å². The monoisotopic (exact) mass is 438 g/mol. The van der Waals surface area contributed by atoms with Crippen molar-refractivity contribution in [2.45, 2.75) is 12.8 Å². The van der Waals surface area contributed by atoms with E-state index < -0.39 is 23.9 Å². The van der Waals surface area contributed by atoms with Gasteiger partial charge in [0.2, 0.25) is 11.5 Å². The summed E-state index contributed by atoms with van der Waals surface area (Å²) in [7, 11) is 0. The van der Waals surface area contributed by atoms with E-state index in [4.69, 9.17) is 0 Å². The number of carbonyl (C=O) groups excluding carboxylic acids is 2. The van der Waals surface area contributed by atoms with Crippen molar-refractivity contribution in [1.82, 2.24) is 9.97 Å². The van der Waals surface area contributed by atoms with Crippen molar-refractivity contribution in [2.24, 2.45) is 0 Å². The first-order valence-electron chi connectivity index (χ1n) is 8.28. The highest BCUT2D eigenvalue weighted by molar-refractivity contribution is 7.14. The molecule has 0 spiro atoms. The van der Waals surface area contributed by atoms with Crippen LogP contribution in [0.3, 0.4) is 0 Å². The van der Waals surface area contributed by atoms with E-state index in [1.54, 1.807) is 5.38 Å². The molecule has 12 heteroatoms. The first kappa shape index (κ1) is 21.0. The van der Waals surface area contributed by atoms with Crippen LogP contribution in [-0.4, -0.2) is 28.1 Å². The number of amides is 2. The molecule has 2 amide bonds. The summed E-state index contributed by atoms with van der Waals surface area (Å²) in [6.07, 6.45) is -3.63. The molecule has 0 aliphatic carbocycles. The van der Waals surface area contributed by atoms with Gasteiger partial charge in [-0.3, -0.25) is 19.7 Å². The molecule has 0 aliphatic rings. The lowest BCUT2D eigenvalue weighted by Gasteiger charge is -2.09. The highest BCUT2D eigenvalue weighted by Crippen LogP contribution is 2.24. The molecule has 0 atom stereocenters. The van der Waals surface area contributed by atoms with Gasteiger partial charge in [-0.1, -0.05) is 0 Å².